The molecule has 0 saturated carbocycles. The second-order valence-corrected chi connectivity index (χ2v) is 5.17. The molecule has 4 nitrogen and oxygen atoms in total. The van der Waals surface area contributed by atoms with Crippen LogP contribution in [0.25, 0.3) is 0 Å². The zero-order valence-electron chi connectivity index (χ0n) is 11.5. The number of aryl methyl sites for hydroxylation is 1. The fraction of sp³-hybridized carbons (Fsp3) is 0.533. The largest absolute Gasteiger partial charge is 0.481 e. The Balaban J connectivity index is 2.04. The molecule has 1 fully saturated rings. The van der Waals surface area contributed by atoms with E-state index in [1.807, 2.05) is 12.1 Å². The molecular weight excluding hydrogens is 242 g/mol. The minimum Gasteiger partial charge on any atom is -0.481 e. The van der Waals surface area contributed by atoms with Gasteiger partial charge in [-0.25, -0.2) is 0 Å². The molecule has 0 radical (unpaired) electrons. The molecule has 1 aliphatic rings. The molecule has 1 saturated heterocycles. The molecular formula is C15H21NO3. The summed E-state index contributed by atoms with van der Waals surface area (Å²) in [6, 6.07) is 8.49. The van der Waals surface area contributed by atoms with Gasteiger partial charge in [-0.3, -0.25) is 9.69 Å². The number of hydrogen-bond donors (Lipinski definition) is 1. The molecule has 1 N–H and O–H groups in total. The summed E-state index contributed by atoms with van der Waals surface area (Å²) in [7, 11) is 0. The maximum absolute atomic E-state index is 10.7. The van der Waals surface area contributed by atoms with Crippen LogP contribution in [0.15, 0.2) is 24.3 Å². The standard InChI is InChI=1S/C15H21NO3/c1-11-5-3-4-6-13(11)14-9-16(8-7-15(17)18)12(2)10-19-14/h3-6,12,14H,7-10H2,1-2H3,(H,17,18)/t12-,14-/m1/s1. The highest BCUT2D eigenvalue weighted by molar-refractivity contribution is 5.66. The van der Waals surface area contributed by atoms with Gasteiger partial charge in [0, 0.05) is 19.1 Å². The van der Waals surface area contributed by atoms with Crippen molar-refractivity contribution in [3.05, 3.63) is 35.4 Å². The Kier molecular flexibility index (Phi) is 4.56. The number of aliphatic carboxylic acids is 1. The van der Waals surface area contributed by atoms with Gasteiger partial charge in [0.05, 0.1) is 19.1 Å². The van der Waals surface area contributed by atoms with Gasteiger partial charge in [0.15, 0.2) is 0 Å². The maximum Gasteiger partial charge on any atom is 0.304 e. The predicted molar refractivity (Wildman–Crippen MR) is 73.2 cm³/mol. The van der Waals surface area contributed by atoms with Crippen LogP contribution in [0, 0.1) is 6.92 Å². The summed E-state index contributed by atoms with van der Waals surface area (Å²) in [4.78, 5) is 12.9. The van der Waals surface area contributed by atoms with Crippen molar-refractivity contribution in [1.82, 2.24) is 4.90 Å². The minimum absolute atomic E-state index is 0.0474. The molecule has 0 amide bonds. The molecule has 0 unspecified atom stereocenters. The summed E-state index contributed by atoms with van der Waals surface area (Å²) in [5, 5.41) is 8.80. The van der Waals surface area contributed by atoms with Gasteiger partial charge >= 0.3 is 5.97 Å². The summed E-state index contributed by atoms with van der Waals surface area (Å²) in [6.45, 7) is 6.16. The molecule has 1 aromatic rings. The van der Waals surface area contributed by atoms with Crippen molar-refractivity contribution >= 4 is 5.97 Å². The number of ether oxygens (including phenoxy) is 1. The quantitative estimate of drug-likeness (QED) is 0.905. The molecule has 0 aliphatic carbocycles. The number of carbonyl (C=O) groups is 1. The van der Waals surface area contributed by atoms with Crippen LogP contribution in [0.3, 0.4) is 0 Å². The number of carboxylic acids is 1. The fourth-order valence-electron chi connectivity index (χ4n) is 2.49. The third-order valence-electron chi connectivity index (χ3n) is 3.71. The normalized spacial score (nSPS) is 24.3. The van der Waals surface area contributed by atoms with Crippen molar-refractivity contribution in [1.29, 1.82) is 0 Å². The Morgan fingerprint density at radius 1 is 1.47 bits per heavy atom. The van der Waals surface area contributed by atoms with Crippen molar-refractivity contribution in [3.63, 3.8) is 0 Å². The summed E-state index contributed by atoms with van der Waals surface area (Å²) in [5.41, 5.74) is 2.43. The zero-order valence-corrected chi connectivity index (χ0v) is 11.5. The summed E-state index contributed by atoms with van der Waals surface area (Å²) < 4.78 is 5.91. The molecule has 0 spiro atoms. The highest BCUT2D eigenvalue weighted by Gasteiger charge is 2.27. The van der Waals surface area contributed by atoms with Crippen LogP contribution < -0.4 is 0 Å². The molecule has 0 bridgehead atoms. The van der Waals surface area contributed by atoms with E-state index in [2.05, 4.69) is 30.9 Å². The minimum atomic E-state index is -0.744. The van der Waals surface area contributed by atoms with Crippen LogP contribution in [0.4, 0.5) is 0 Å². The van der Waals surface area contributed by atoms with E-state index in [1.165, 1.54) is 11.1 Å². The third-order valence-corrected chi connectivity index (χ3v) is 3.71. The summed E-state index contributed by atoms with van der Waals surface area (Å²) in [6.07, 6.45) is 0.233. The monoisotopic (exact) mass is 263 g/mol. The van der Waals surface area contributed by atoms with Gasteiger partial charge in [0.2, 0.25) is 0 Å². The Morgan fingerprint density at radius 2 is 2.21 bits per heavy atom. The van der Waals surface area contributed by atoms with Crippen LogP contribution in [0.1, 0.15) is 30.6 Å². The van der Waals surface area contributed by atoms with E-state index in [-0.39, 0.29) is 18.6 Å². The van der Waals surface area contributed by atoms with E-state index in [0.717, 1.165) is 6.54 Å². The highest BCUT2D eigenvalue weighted by atomic mass is 16.5. The molecule has 4 heteroatoms. The van der Waals surface area contributed by atoms with Crippen LogP contribution in [0.2, 0.25) is 0 Å². The Hall–Kier alpha value is -1.39. The highest BCUT2D eigenvalue weighted by Crippen LogP contribution is 2.27. The van der Waals surface area contributed by atoms with Gasteiger partial charge in [-0.2, -0.15) is 0 Å². The molecule has 1 heterocycles. The van der Waals surface area contributed by atoms with Gasteiger partial charge < -0.3 is 9.84 Å². The summed E-state index contributed by atoms with van der Waals surface area (Å²) >= 11 is 0. The fourth-order valence-corrected chi connectivity index (χ4v) is 2.49. The number of morpholine rings is 1. The Bertz CT molecular complexity index is 447. The lowest BCUT2D eigenvalue weighted by atomic mass is 10.0. The topological polar surface area (TPSA) is 49.8 Å². The van der Waals surface area contributed by atoms with Crippen LogP contribution >= 0.6 is 0 Å². The molecule has 0 aromatic heterocycles. The van der Waals surface area contributed by atoms with E-state index in [9.17, 15) is 4.79 Å². The van der Waals surface area contributed by atoms with Gasteiger partial charge in [-0.05, 0) is 25.0 Å². The van der Waals surface area contributed by atoms with Crippen molar-refractivity contribution in [3.8, 4) is 0 Å². The Morgan fingerprint density at radius 3 is 2.89 bits per heavy atom. The molecule has 104 valence electrons. The lowest BCUT2D eigenvalue weighted by Gasteiger charge is -2.38. The van der Waals surface area contributed by atoms with E-state index in [0.29, 0.717) is 13.2 Å². The van der Waals surface area contributed by atoms with Gasteiger partial charge in [-0.1, -0.05) is 24.3 Å². The van der Waals surface area contributed by atoms with E-state index in [1.54, 1.807) is 0 Å². The van der Waals surface area contributed by atoms with Crippen LogP contribution in [-0.4, -0.2) is 41.7 Å². The average molecular weight is 263 g/mol. The van der Waals surface area contributed by atoms with Gasteiger partial charge in [0.25, 0.3) is 0 Å². The van der Waals surface area contributed by atoms with E-state index in [4.69, 9.17) is 9.84 Å². The molecule has 19 heavy (non-hydrogen) atoms. The molecule has 1 aliphatic heterocycles. The number of rotatable bonds is 4. The lowest BCUT2D eigenvalue weighted by Crippen LogP contribution is -2.45. The second-order valence-electron chi connectivity index (χ2n) is 5.17. The SMILES string of the molecule is Cc1ccccc1[C@H]1CN(CCC(=O)O)[C@H](C)CO1. The van der Waals surface area contributed by atoms with Crippen molar-refractivity contribution < 1.29 is 14.6 Å². The number of hydrogen-bond acceptors (Lipinski definition) is 3. The number of nitrogens with zero attached hydrogens (tertiary/aromatic N) is 1. The first-order chi connectivity index (χ1) is 9.08. The van der Waals surface area contributed by atoms with Gasteiger partial charge in [-0.15, -0.1) is 0 Å². The van der Waals surface area contributed by atoms with Gasteiger partial charge in [0.1, 0.15) is 0 Å². The average Bonchev–Trinajstić information content (AvgIpc) is 2.38. The maximum atomic E-state index is 10.7. The summed E-state index contributed by atoms with van der Waals surface area (Å²) in [5.74, 6) is -0.744. The van der Waals surface area contributed by atoms with E-state index < -0.39 is 5.97 Å². The van der Waals surface area contributed by atoms with Crippen molar-refractivity contribution in [2.75, 3.05) is 19.7 Å². The molecule has 2 atom stereocenters. The Labute approximate surface area is 114 Å². The van der Waals surface area contributed by atoms with E-state index >= 15 is 0 Å². The first kappa shape index (κ1) is 14.0. The second kappa shape index (κ2) is 6.17. The lowest BCUT2D eigenvalue weighted by molar-refractivity contribution is -0.138. The molecule has 1 aromatic carbocycles. The zero-order chi connectivity index (χ0) is 13.8. The van der Waals surface area contributed by atoms with Crippen LogP contribution in [0.5, 0.6) is 0 Å². The first-order valence-electron chi connectivity index (χ1n) is 6.71. The third kappa shape index (κ3) is 3.55. The predicted octanol–water partition coefficient (Wildman–Crippen LogP) is 2.23. The number of benzene rings is 1. The van der Waals surface area contributed by atoms with Crippen molar-refractivity contribution in [2.45, 2.75) is 32.4 Å². The first-order valence-corrected chi connectivity index (χ1v) is 6.71. The molecule has 2 rings (SSSR count). The number of carboxylic acid groups (broad SMARTS) is 1. The van der Waals surface area contributed by atoms with Crippen LogP contribution in [-0.2, 0) is 9.53 Å². The smallest absolute Gasteiger partial charge is 0.304 e. The van der Waals surface area contributed by atoms with Crippen molar-refractivity contribution in [2.24, 2.45) is 0 Å².